The normalized spacial score (nSPS) is 18.3. The molecule has 1 aromatic carbocycles. The molecule has 3 heterocycles. The molecule has 1 aliphatic rings. The number of rotatable bonds is 5. The first-order valence-corrected chi connectivity index (χ1v) is 8.89. The molecule has 2 N–H and O–H groups in total. The van der Waals surface area contributed by atoms with Crippen LogP contribution in [0.4, 0.5) is 8.78 Å². The van der Waals surface area contributed by atoms with E-state index in [0.717, 1.165) is 5.56 Å². The highest BCUT2D eigenvalue weighted by Crippen LogP contribution is 2.29. The monoisotopic (exact) mass is 387 g/mol. The molecule has 0 aliphatic carbocycles. The van der Waals surface area contributed by atoms with E-state index in [9.17, 15) is 13.6 Å². The molecule has 28 heavy (non-hydrogen) atoms. The van der Waals surface area contributed by atoms with Crippen LogP contribution in [0.3, 0.4) is 0 Å². The topological polar surface area (TPSA) is 76.4 Å². The second kappa shape index (κ2) is 7.20. The summed E-state index contributed by atoms with van der Waals surface area (Å²) >= 11 is 0. The molecule has 1 fully saturated rings. The van der Waals surface area contributed by atoms with Crippen LogP contribution in [0.2, 0.25) is 0 Å². The predicted octanol–water partition coefficient (Wildman–Crippen LogP) is 3.05. The lowest BCUT2D eigenvalue weighted by atomic mass is 10.1. The van der Waals surface area contributed by atoms with Crippen LogP contribution in [-0.4, -0.2) is 35.9 Å². The Morgan fingerprint density at radius 1 is 1.39 bits per heavy atom. The Morgan fingerprint density at radius 2 is 2.18 bits per heavy atom. The number of benzene rings is 1. The van der Waals surface area contributed by atoms with E-state index < -0.39 is 24.4 Å². The number of aromatic nitrogens is 1. The highest BCUT2D eigenvalue weighted by atomic mass is 19.3. The molecule has 3 aromatic rings. The van der Waals surface area contributed by atoms with Gasteiger partial charge in [0.15, 0.2) is 5.58 Å². The summed E-state index contributed by atoms with van der Waals surface area (Å²) in [5, 5.41) is 5.47. The van der Waals surface area contributed by atoms with E-state index in [1.165, 1.54) is 6.20 Å². The molecule has 0 spiro atoms. The van der Waals surface area contributed by atoms with Crippen molar-refractivity contribution in [1.29, 1.82) is 0 Å². The Bertz CT molecular complexity index is 1000. The first-order valence-electron chi connectivity index (χ1n) is 8.89. The zero-order valence-corrected chi connectivity index (χ0v) is 15.2. The van der Waals surface area contributed by atoms with Crippen molar-refractivity contribution >= 4 is 16.9 Å². The summed E-state index contributed by atoms with van der Waals surface area (Å²) in [7, 11) is 0. The van der Waals surface area contributed by atoms with Gasteiger partial charge in [-0.15, -0.1) is 0 Å². The zero-order valence-electron chi connectivity index (χ0n) is 15.2. The molecule has 146 valence electrons. The molecule has 2 aromatic heterocycles. The minimum atomic E-state index is -2.99. The standard InChI is InChI=1S/C20H19F2N3O3/c1-12-18(19(26)25-16-9-23-11-20(16,21)22)14-7-17(24-8-15(14)28-12)27-10-13-5-3-2-4-6-13/h2-8,16,23H,9-11H2,1H3,(H,25,26). The lowest BCUT2D eigenvalue weighted by Gasteiger charge is -2.19. The fourth-order valence-electron chi connectivity index (χ4n) is 3.24. The quantitative estimate of drug-likeness (QED) is 0.704. The number of hydrogen-bond donors (Lipinski definition) is 2. The number of furan rings is 1. The Labute approximate surface area is 159 Å². The number of amides is 1. The number of pyridine rings is 1. The second-order valence-corrected chi connectivity index (χ2v) is 6.74. The molecule has 0 radical (unpaired) electrons. The van der Waals surface area contributed by atoms with Gasteiger partial charge in [0, 0.05) is 18.0 Å². The summed E-state index contributed by atoms with van der Waals surface area (Å²) in [5.41, 5.74) is 1.58. The van der Waals surface area contributed by atoms with Gasteiger partial charge >= 0.3 is 0 Å². The van der Waals surface area contributed by atoms with Crippen LogP contribution in [0.25, 0.3) is 11.0 Å². The van der Waals surface area contributed by atoms with Gasteiger partial charge in [-0.1, -0.05) is 30.3 Å². The molecule has 8 heteroatoms. The van der Waals surface area contributed by atoms with Crippen molar-refractivity contribution in [2.45, 2.75) is 25.5 Å². The summed E-state index contributed by atoms with van der Waals surface area (Å²) in [6, 6.07) is 9.91. The average Bonchev–Trinajstić information content (AvgIpc) is 3.18. The van der Waals surface area contributed by atoms with Crippen molar-refractivity contribution in [2.24, 2.45) is 0 Å². The summed E-state index contributed by atoms with van der Waals surface area (Å²) in [6.07, 6.45) is 1.46. The number of nitrogens with zero attached hydrogens (tertiary/aromatic N) is 1. The third-order valence-corrected chi connectivity index (χ3v) is 4.71. The van der Waals surface area contributed by atoms with E-state index in [-0.39, 0.29) is 12.1 Å². The van der Waals surface area contributed by atoms with Crippen molar-refractivity contribution in [3.63, 3.8) is 0 Å². The third-order valence-electron chi connectivity index (χ3n) is 4.71. The second-order valence-electron chi connectivity index (χ2n) is 6.74. The van der Waals surface area contributed by atoms with Crippen LogP contribution in [-0.2, 0) is 6.61 Å². The fraction of sp³-hybridized carbons (Fsp3) is 0.300. The molecule has 1 atom stereocenters. The summed E-state index contributed by atoms with van der Waals surface area (Å²) in [5.74, 6) is -2.94. The molecule has 4 rings (SSSR count). The smallest absolute Gasteiger partial charge is 0.281 e. The largest absolute Gasteiger partial charge is 0.473 e. The fourth-order valence-corrected chi connectivity index (χ4v) is 3.24. The third kappa shape index (κ3) is 3.55. The van der Waals surface area contributed by atoms with Crippen LogP contribution in [0.5, 0.6) is 5.88 Å². The van der Waals surface area contributed by atoms with Gasteiger partial charge in [-0.3, -0.25) is 4.79 Å². The Kier molecular flexibility index (Phi) is 4.72. The van der Waals surface area contributed by atoms with Gasteiger partial charge in [-0.05, 0) is 12.5 Å². The number of hydrogen-bond acceptors (Lipinski definition) is 5. The Balaban J connectivity index is 1.57. The lowest BCUT2D eigenvalue weighted by molar-refractivity contribution is -0.00247. The summed E-state index contributed by atoms with van der Waals surface area (Å²) < 4.78 is 38.9. The van der Waals surface area contributed by atoms with Crippen LogP contribution in [0.15, 0.2) is 47.0 Å². The van der Waals surface area contributed by atoms with Gasteiger partial charge in [-0.25, -0.2) is 13.8 Å². The Hall–Kier alpha value is -3.00. The summed E-state index contributed by atoms with van der Waals surface area (Å²) in [6.45, 7) is 1.49. The number of nitrogens with one attached hydrogen (secondary N) is 2. The van der Waals surface area contributed by atoms with Crippen molar-refractivity contribution in [3.8, 4) is 5.88 Å². The molecule has 6 nitrogen and oxygen atoms in total. The highest BCUT2D eigenvalue weighted by Gasteiger charge is 2.45. The molecule has 0 saturated carbocycles. The van der Waals surface area contributed by atoms with Crippen LogP contribution in [0, 0.1) is 6.92 Å². The number of halogens is 2. The maximum Gasteiger partial charge on any atom is 0.281 e. The van der Waals surface area contributed by atoms with Gasteiger partial charge in [0.2, 0.25) is 5.88 Å². The number of fused-ring (bicyclic) bond motifs is 1. The van der Waals surface area contributed by atoms with E-state index in [2.05, 4.69) is 15.6 Å². The average molecular weight is 387 g/mol. The number of alkyl halides is 2. The molecular weight excluding hydrogens is 368 g/mol. The number of carbonyl (C=O) groups excluding carboxylic acids is 1. The first kappa shape index (κ1) is 18.4. The number of ether oxygens (including phenoxy) is 1. The van der Waals surface area contributed by atoms with Crippen LogP contribution >= 0.6 is 0 Å². The molecule has 1 saturated heterocycles. The molecule has 1 unspecified atom stereocenters. The predicted molar refractivity (Wildman–Crippen MR) is 98.6 cm³/mol. The zero-order chi connectivity index (χ0) is 19.7. The van der Waals surface area contributed by atoms with E-state index in [1.54, 1.807) is 13.0 Å². The lowest BCUT2D eigenvalue weighted by Crippen LogP contribution is -2.46. The minimum Gasteiger partial charge on any atom is -0.473 e. The molecule has 1 aliphatic heterocycles. The maximum absolute atomic E-state index is 13.8. The minimum absolute atomic E-state index is 0.0144. The van der Waals surface area contributed by atoms with Gasteiger partial charge in [-0.2, -0.15) is 0 Å². The van der Waals surface area contributed by atoms with Gasteiger partial charge in [0.1, 0.15) is 18.4 Å². The molecular formula is C20H19F2N3O3. The van der Waals surface area contributed by atoms with Gasteiger partial charge in [0.05, 0.1) is 18.3 Å². The Morgan fingerprint density at radius 3 is 2.89 bits per heavy atom. The maximum atomic E-state index is 13.8. The van der Waals surface area contributed by atoms with E-state index in [1.807, 2.05) is 30.3 Å². The van der Waals surface area contributed by atoms with Crippen LogP contribution < -0.4 is 15.4 Å². The van der Waals surface area contributed by atoms with E-state index in [0.29, 0.717) is 29.2 Å². The van der Waals surface area contributed by atoms with E-state index in [4.69, 9.17) is 9.15 Å². The van der Waals surface area contributed by atoms with Crippen molar-refractivity contribution in [2.75, 3.05) is 13.1 Å². The SMILES string of the molecule is Cc1oc2cnc(OCc3ccccc3)cc2c1C(=O)NC1CNCC1(F)F. The molecule has 1 amide bonds. The first-order chi connectivity index (χ1) is 13.4. The van der Waals surface area contributed by atoms with Crippen LogP contribution in [0.1, 0.15) is 21.7 Å². The van der Waals surface area contributed by atoms with Gasteiger partial charge in [0.25, 0.3) is 11.8 Å². The van der Waals surface area contributed by atoms with Crippen molar-refractivity contribution < 1.29 is 22.7 Å². The van der Waals surface area contributed by atoms with E-state index >= 15 is 0 Å². The number of aryl methyl sites for hydroxylation is 1. The van der Waals surface area contributed by atoms with Crippen molar-refractivity contribution in [3.05, 3.63) is 59.5 Å². The molecule has 0 bridgehead atoms. The highest BCUT2D eigenvalue weighted by molar-refractivity contribution is 6.07. The van der Waals surface area contributed by atoms with Gasteiger partial charge < -0.3 is 19.8 Å². The number of carbonyl (C=O) groups is 1. The van der Waals surface area contributed by atoms with Crippen molar-refractivity contribution in [1.82, 2.24) is 15.6 Å². The summed E-state index contributed by atoms with van der Waals surface area (Å²) in [4.78, 5) is 16.9.